The van der Waals surface area contributed by atoms with Crippen LogP contribution < -0.4 is 0 Å². The largest absolute Gasteiger partial charge is 0.416 e. The van der Waals surface area contributed by atoms with E-state index in [1.54, 1.807) is 23.6 Å². The summed E-state index contributed by atoms with van der Waals surface area (Å²) in [6.45, 7) is 0. The third kappa shape index (κ3) is 6.02. The lowest BCUT2D eigenvalue weighted by Crippen LogP contribution is -2.05. The van der Waals surface area contributed by atoms with Crippen LogP contribution in [0.4, 0.5) is 27.6 Å². The van der Waals surface area contributed by atoms with Crippen molar-refractivity contribution in [3.63, 3.8) is 0 Å². The lowest BCUT2D eigenvalue weighted by Gasteiger charge is -2.08. The quantitative estimate of drug-likeness (QED) is 0.238. The molecule has 0 heterocycles. The number of halogens is 5. The van der Waals surface area contributed by atoms with Crippen molar-refractivity contribution < 1.29 is 22.0 Å². The molecule has 3 aromatic rings. The third-order valence-electron chi connectivity index (χ3n) is 3.83. The van der Waals surface area contributed by atoms with Crippen LogP contribution in [0.1, 0.15) is 11.1 Å². The second-order valence-corrected chi connectivity index (χ2v) is 6.90. The highest BCUT2D eigenvalue weighted by Gasteiger charge is 2.30. The molecule has 0 aliphatic rings. The van der Waals surface area contributed by atoms with Gasteiger partial charge >= 0.3 is 6.18 Å². The van der Waals surface area contributed by atoms with Crippen LogP contribution >= 0.6 is 11.8 Å². The average molecular weight is 419 g/mol. The van der Waals surface area contributed by atoms with E-state index >= 15 is 0 Å². The lowest BCUT2D eigenvalue weighted by atomic mass is 10.1. The van der Waals surface area contributed by atoms with Crippen molar-refractivity contribution in [2.75, 3.05) is 0 Å². The van der Waals surface area contributed by atoms with Crippen molar-refractivity contribution >= 4 is 23.2 Å². The summed E-state index contributed by atoms with van der Waals surface area (Å²) >= 11 is 1.30. The maximum Gasteiger partial charge on any atom is 0.416 e. The fourth-order valence-corrected chi connectivity index (χ4v) is 3.02. The summed E-state index contributed by atoms with van der Waals surface area (Å²) in [6.07, 6.45) is -2.79. The van der Waals surface area contributed by atoms with Gasteiger partial charge in [-0.15, -0.1) is 0 Å². The Kier molecular flexibility index (Phi) is 6.49. The van der Waals surface area contributed by atoms with E-state index in [2.05, 4.69) is 4.99 Å². The molecule has 0 bridgehead atoms. The molecule has 0 aliphatic carbocycles. The molecule has 0 unspecified atom stereocenters. The van der Waals surface area contributed by atoms with E-state index in [-0.39, 0.29) is 5.82 Å². The van der Waals surface area contributed by atoms with Gasteiger partial charge in [0, 0.05) is 10.5 Å². The van der Waals surface area contributed by atoms with Crippen LogP contribution in [0.15, 0.2) is 94.2 Å². The summed E-state index contributed by atoms with van der Waals surface area (Å²) < 4.78 is 64.6. The zero-order valence-corrected chi connectivity index (χ0v) is 15.6. The van der Waals surface area contributed by atoms with Crippen LogP contribution in [0.25, 0.3) is 0 Å². The highest BCUT2D eigenvalue weighted by atomic mass is 32.2. The smallest absolute Gasteiger partial charge is 0.248 e. The predicted molar refractivity (Wildman–Crippen MR) is 105 cm³/mol. The summed E-state index contributed by atoms with van der Waals surface area (Å²) in [4.78, 5) is 5.20. The summed E-state index contributed by atoms with van der Waals surface area (Å²) in [5.41, 5.74) is 0.572. The average Bonchev–Trinajstić information content (AvgIpc) is 2.70. The molecular formula is C22H14F5NS. The van der Waals surface area contributed by atoms with Gasteiger partial charge in [0.15, 0.2) is 0 Å². The van der Waals surface area contributed by atoms with Crippen LogP contribution in [0.5, 0.6) is 0 Å². The first-order valence-corrected chi connectivity index (χ1v) is 9.30. The number of alkyl halides is 3. The predicted octanol–water partition coefficient (Wildman–Crippen LogP) is 7.41. The molecule has 0 saturated heterocycles. The molecule has 0 atom stereocenters. The molecule has 3 rings (SSSR count). The minimum absolute atomic E-state index is 0.346. The van der Waals surface area contributed by atoms with Crippen molar-refractivity contribution in [2.24, 2.45) is 4.99 Å². The van der Waals surface area contributed by atoms with Gasteiger partial charge < -0.3 is 0 Å². The Morgan fingerprint density at radius 1 is 0.759 bits per heavy atom. The summed E-state index contributed by atoms with van der Waals surface area (Å²) in [5.74, 6) is -0.760. The molecule has 0 aromatic heterocycles. The Morgan fingerprint density at radius 2 is 1.31 bits per heavy atom. The summed E-state index contributed by atoms with van der Waals surface area (Å²) in [6, 6.07) is 16.0. The lowest BCUT2D eigenvalue weighted by molar-refractivity contribution is -0.137. The number of hydrogen-bond donors (Lipinski definition) is 0. The molecule has 3 aromatic carbocycles. The molecule has 29 heavy (non-hydrogen) atoms. The number of hydrogen-bond acceptors (Lipinski definition) is 2. The van der Waals surface area contributed by atoms with Gasteiger partial charge in [0.2, 0.25) is 0 Å². The van der Waals surface area contributed by atoms with Crippen LogP contribution in [-0.2, 0) is 6.18 Å². The van der Waals surface area contributed by atoms with Crippen LogP contribution in [-0.4, -0.2) is 5.71 Å². The molecule has 1 nitrogen and oxygen atoms in total. The number of thioether (sulfide) groups is 1. The van der Waals surface area contributed by atoms with Crippen molar-refractivity contribution in [1.29, 1.82) is 0 Å². The minimum Gasteiger partial charge on any atom is -0.248 e. The van der Waals surface area contributed by atoms with Crippen molar-refractivity contribution in [1.82, 2.24) is 0 Å². The summed E-state index contributed by atoms with van der Waals surface area (Å²) in [7, 11) is 0. The molecule has 0 saturated carbocycles. The second-order valence-electron chi connectivity index (χ2n) is 5.92. The minimum atomic E-state index is -4.43. The van der Waals surface area contributed by atoms with E-state index < -0.39 is 17.6 Å². The topological polar surface area (TPSA) is 12.4 Å². The first-order chi connectivity index (χ1) is 13.8. The Bertz CT molecular complexity index is 1010. The highest BCUT2D eigenvalue weighted by molar-refractivity contribution is 8.02. The zero-order valence-electron chi connectivity index (χ0n) is 14.8. The highest BCUT2D eigenvalue weighted by Crippen LogP contribution is 2.29. The molecule has 0 spiro atoms. The van der Waals surface area contributed by atoms with E-state index in [1.807, 2.05) is 0 Å². The Hall–Kier alpha value is -2.93. The molecule has 7 heteroatoms. The maximum absolute atomic E-state index is 13.1. The molecule has 0 aliphatic heterocycles. The first-order valence-electron chi connectivity index (χ1n) is 8.42. The van der Waals surface area contributed by atoms with Crippen molar-refractivity contribution in [3.05, 3.63) is 107 Å². The third-order valence-corrected chi connectivity index (χ3v) is 4.64. The number of rotatable bonds is 5. The van der Waals surface area contributed by atoms with Gasteiger partial charge in [0.25, 0.3) is 0 Å². The standard InChI is InChI=1S/C22H14F5NS/c23-17-5-9-19(10-6-17)28-21(13-14-29-20-11-7-18(24)8-12-20)15-1-3-16(4-2-15)22(25,26)27/h1-14H. The number of aliphatic imine (C=N–C) groups is 1. The second kappa shape index (κ2) is 9.05. The summed E-state index contributed by atoms with van der Waals surface area (Å²) in [5, 5.41) is 1.70. The fraction of sp³-hybridized carbons (Fsp3) is 0.0455. The van der Waals surface area contributed by atoms with Gasteiger partial charge in [-0.05, 0) is 72.1 Å². The van der Waals surface area contributed by atoms with E-state index in [4.69, 9.17) is 0 Å². The number of nitrogens with zero attached hydrogens (tertiary/aromatic N) is 1. The molecule has 0 fully saturated rings. The van der Waals surface area contributed by atoms with Gasteiger partial charge in [-0.1, -0.05) is 23.9 Å². The maximum atomic E-state index is 13.1. The van der Waals surface area contributed by atoms with E-state index in [0.717, 1.165) is 17.0 Å². The Morgan fingerprint density at radius 3 is 1.86 bits per heavy atom. The molecule has 0 amide bonds. The molecule has 0 N–H and O–H groups in total. The molecular weight excluding hydrogens is 405 g/mol. The Balaban J connectivity index is 1.89. The van der Waals surface area contributed by atoms with Crippen molar-refractivity contribution in [2.45, 2.75) is 11.1 Å². The number of benzene rings is 3. The van der Waals surface area contributed by atoms with Crippen LogP contribution in [0.3, 0.4) is 0 Å². The van der Waals surface area contributed by atoms with Crippen LogP contribution in [0, 0.1) is 11.6 Å². The fourth-order valence-electron chi connectivity index (χ4n) is 2.37. The first kappa shape index (κ1) is 20.8. The normalized spacial score (nSPS) is 12.5. The molecule has 0 radical (unpaired) electrons. The van der Waals surface area contributed by atoms with Gasteiger partial charge in [0.1, 0.15) is 11.6 Å². The van der Waals surface area contributed by atoms with Gasteiger partial charge in [0.05, 0.1) is 17.0 Å². The Labute approximate surface area is 168 Å². The van der Waals surface area contributed by atoms with Crippen LogP contribution in [0.2, 0.25) is 0 Å². The monoisotopic (exact) mass is 419 g/mol. The van der Waals surface area contributed by atoms with E-state index in [1.165, 1.54) is 60.3 Å². The number of allylic oxidation sites excluding steroid dienone is 1. The van der Waals surface area contributed by atoms with E-state index in [9.17, 15) is 22.0 Å². The van der Waals surface area contributed by atoms with Gasteiger partial charge in [-0.3, -0.25) is 0 Å². The molecule has 148 valence electrons. The van der Waals surface area contributed by atoms with Gasteiger partial charge in [-0.25, -0.2) is 13.8 Å². The van der Waals surface area contributed by atoms with E-state index in [0.29, 0.717) is 17.0 Å². The zero-order chi connectivity index (χ0) is 20.9. The van der Waals surface area contributed by atoms with Crippen molar-refractivity contribution in [3.8, 4) is 0 Å². The SMILES string of the molecule is Fc1ccc(N=C(C=CSc2ccc(F)cc2)c2ccc(C(F)(F)F)cc2)cc1. The van der Waals surface area contributed by atoms with Gasteiger partial charge in [-0.2, -0.15) is 13.2 Å².